The maximum absolute atomic E-state index is 5.21. The number of rotatable bonds is 2. The molecule has 54 heavy (non-hydrogen) atoms. The van der Waals surface area contributed by atoms with Crippen LogP contribution in [-0.4, -0.2) is 9.97 Å². The fourth-order valence-corrected chi connectivity index (χ4v) is 8.81. The molecule has 0 atom stereocenters. The van der Waals surface area contributed by atoms with Crippen LogP contribution in [0.1, 0.15) is 22.3 Å². The van der Waals surface area contributed by atoms with Gasteiger partial charge in [-0.3, -0.25) is 4.98 Å². The highest BCUT2D eigenvalue weighted by Gasteiger charge is 2.22. The van der Waals surface area contributed by atoms with Gasteiger partial charge in [0, 0.05) is 22.5 Å². The molecule has 2 heteroatoms. The number of aromatic nitrogens is 2. The number of hydrogen-bond donors (Lipinski definition) is 0. The normalized spacial score (nSPS) is 12.3. The second-order valence-electron chi connectivity index (χ2n) is 14.5. The maximum atomic E-state index is 5.21. The van der Waals surface area contributed by atoms with Gasteiger partial charge in [0.2, 0.25) is 0 Å². The molecule has 0 spiro atoms. The SMILES string of the molecule is c1cc(-c2ccc3ccc4cccnc4c3n2)cc(-c2cc3c(c4ccccc24)-c2cc4ccccc4cc2Cc2ccccc2-c2ccccc2C3)c1. The molecule has 1 aliphatic rings. The van der Waals surface area contributed by atoms with E-state index in [2.05, 4.69) is 170 Å². The predicted molar refractivity (Wildman–Crippen MR) is 226 cm³/mol. The molecule has 0 bridgehead atoms. The zero-order valence-corrected chi connectivity index (χ0v) is 29.6. The molecule has 0 amide bonds. The van der Waals surface area contributed by atoms with Crippen molar-refractivity contribution < 1.29 is 0 Å². The average molecular weight is 687 g/mol. The summed E-state index contributed by atoms with van der Waals surface area (Å²) in [6.07, 6.45) is 3.52. The Morgan fingerprint density at radius 2 is 0.981 bits per heavy atom. The first-order valence-electron chi connectivity index (χ1n) is 18.7. The van der Waals surface area contributed by atoms with Gasteiger partial charge in [-0.1, -0.05) is 146 Å². The number of hydrogen-bond acceptors (Lipinski definition) is 2. The fraction of sp³-hybridized carbons (Fsp3) is 0.0385. The highest BCUT2D eigenvalue weighted by Crippen LogP contribution is 2.45. The zero-order chi connectivity index (χ0) is 35.6. The topological polar surface area (TPSA) is 25.8 Å². The minimum atomic E-state index is 0.815. The summed E-state index contributed by atoms with van der Waals surface area (Å²) in [5.41, 5.74) is 17.0. The van der Waals surface area contributed by atoms with Crippen molar-refractivity contribution in [3.63, 3.8) is 0 Å². The van der Waals surface area contributed by atoms with E-state index in [4.69, 9.17) is 9.97 Å². The lowest BCUT2D eigenvalue weighted by atomic mass is 9.80. The molecule has 8 aromatic carbocycles. The minimum Gasteiger partial charge on any atom is -0.254 e. The zero-order valence-electron chi connectivity index (χ0n) is 29.6. The molecule has 10 aromatic rings. The van der Waals surface area contributed by atoms with Crippen LogP contribution >= 0.6 is 0 Å². The van der Waals surface area contributed by atoms with E-state index >= 15 is 0 Å². The van der Waals surface area contributed by atoms with Crippen molar-refractivity contribution in [2.24, 2.45) is 0 Å². The second kappa shape index (κ2) is 12.4. The van der Waals surface area contributed by atoms with Gasteiger partial charge < -0.3 is 0 Å². The molecular formula is C52H34N2. The molecular weight excluding hydrogens is 653 g/mol. The molecule has 0 saturated carbocycles. The van der Waals surface area contributed by atoms with Crippen LogP contribution in [-0.2, 0) is 12.8 Å². The summed E-state index contributed by atoms with van der Waals surface area (Å²) < 4.78 is 0. The maximum Gasteiger partial charge on any atom is 0.0972 e. The first-order valence-corrected chi connectivity index (χ1v) is 18.7. The monoisotopic (exact) mass is 686 g/mol. The van der Waals surface area contributed by atoms with Crippen molar-refractivity contribution in [1.29, 1.82) is 0 Å². The van der Waals surface area contributed by atoms with Crippen LogP contribution < -0.4 is 0 Å². The second-order valence-corrected chi connectivity index (χ2v) is 14.5. The lowest BCUT2D eigenvalue weighted by Gasteiger charge is -2.24. The van der Waals surface area contributed by atoms with E-state index in [-0.39, 0.29) is 0 Å². The number of fused-ring (bicyclic) bond motifs is 12. The van der Waals surface area contributed by atoms with Crippen molar-refractivity contribution >= 4 is 43.4 Å². The number of benzene rings is 8. The van der Waals surface area contributed by atoms with Crippen molar-refractivity contribution in [3.05, 3.63) is 204 Å². The number of pyridine rings is 2. The van der Waals surface area contributed by atoms with E-state index in [0.717, 1.165) is 45.9 Å². The van der Waals surface area contributed by atoms with E-state index in [9.17, 15) is 0 Å². The van der Waals surface area contributed by atoms with Crippen molar-refractivity contribution in [3.8, 4) is 44.6 Å². The summed E-state index contributed by atoms with van der Waals surface area (Å²) in [5, 5.41) is 7.26. The molecule has 2 heterocycles. The van der Waals surface area contributed by atoms with E-state index in [1.165, 1.54) is 77.2 Å². The van der Waals surface area contributed by atoms with Gasteiger partial charge in [0.1, 0.15) is 0 Å². The molecule has 2 aromatic heterocycles. The Balaban J connectivity index is 1.16. The van der Waals surface area contributed by atoms with Crippen LogP contribution in [0.5, 0.6) is 0 Å². The lowest BCUT2D eigenvalue weighted by molar-refractivity contribution is 1.16. The summed E-state index contributed by atoms with van der Waals surface area (Å²) in [6.45, 7) is 0. The molecule has 252 valence electrons. The van der Waals surface area contributed by atoms with Crippen LogP contribution in [0.4, 0.5) is 0 Å². The Hall–Kier alpha value is -6.90. The standard InChI is InChI=1S/C52H34N2/c1-2-12-36-31-48-41(27-35(36)11-1)29-37-13-3-5-18-43(37)44-19-6-4-14-38(44)30-42-32-47(45-20-7-8-21-46(45)50(42)48)39-15-9-16-40(28-39)49-25-24-34-23-22-33-17-10-26-53-51(33)52(34)54-49/h1-28,31-32H,29-30H2. The third-order valence-electron chi connectivity index (χ3n) is 11.4. The van der Waals surface area contributed by atoms with Crippen LogP contribution in [0, 0.1) is 0 Å². The Bertz CT molecular complexity index is 3120. The molecule has 0 aliphatic heterocycles. The van der Waals surface area contributed by atoms with Crippen molar-refractivity contribution in [2.75, 3.05) is 0 Å². The van der Waals surface area contributed by atoms with Crippen molar-refractivity contribution in [2.45, 2.75) is 12.8 Å². The third-order valence-corrected chi connectivity index (χ3v) is 11.4. The van der Waals surface area contributed by atoms with Crippen LogP contribution in [0.3, 0.4) is 0 Å². The molecule has 0 radical (unpaired) electrons. The molecule has 0 N–H and O–H groups in total. The summed E-state index contributed by atoms with van der Waals surface area (Å²) >= 11 is 0. The van der Waals surface area contributed by atoms with E-state index in [1.54, 1.807) is 0 Å². The van der Waals surface area contributed by atoms with Gasteiger partial charge in [-0.2, -0.15) is 0 Å². The van der Waals surface area contributed by atoms with Crippen LogP contribution in [0.2, 0.25) is 0 Å². The van der Waals surface area contributed by atoms with Crippen LogP contribution in [0.15, 0.2) is 182 Å². The van der Waals surface area contributed by atoms with Gasteiger partial charge in [0.05, 0.1) is 16.7 Å². The quantitative estimate of drug-likeness (QED) is 0.169. The summed E-state index contributed by atoms with van der Waals surface area (Å²) in [5.74, 6) is 0. The molecule has 2 nitrogen and oxygen atoms in total. The van der Waals surface area contributed by atoms with Crippen LogP contribution in [0.25, 0.3) is 88.0 Å². The van der Waals surface area contributed by atoms with E-state index < -0.39 is 0 Å². The van der Waals surface area contributed by atoms with E-state index in [1.807, 2.05) is 12.3 Å². The Morgan fingerprint density at radius 1 is 0.352 bits per heavy atom. The summed E-state index contributed by atoms with van der Waals surface area (Å²) in [6, 6.07) is 64.7. The van der Waals surface area contributed by atoms with Gasteiger partial charge in [0.25, 0.3) is 0 Å². The van der Waals surface area contributed by atoms with Gasteiger partial charge in [-0.15, -0.1) is 0 Å². The molecule has 1 aliphatic carbocycles. The first kappa shape index (κ1) is 30.7. The minimum absolute atomic E-state index is 0.815. The predicted octanol–water partition coefficient (Wildman–Crippen LogP) is 13.3. The van der Waals surface area contributed by atoms with Gasteiger partial charge in [0.15, 0.2) is 0 Å². The molecule has 0 fully saturated rings. The summed E-state index contributed by atoms with van der Waals surface area (Å²) in [4.78, 5) is 9.92. The number of nitrogens with zero attached hydrogens (tertiary/aromatic N) is 2. The smallest absolute Gasteiger partial charge is 0.0972 e. The third kappa shape index (κ3) is 5.03. The summed E-state index contributed by atoms with van der Waals surface area (Å²) in [7, 11) is 0. The Labute approximate surface area is 314 Å². The Morgan fingerprint density at radius 3 is 1.80 bits per heavy atom. The Kier molecular flexibility index (Phi) is 7.03. The van der Waals surface area contributed by atoms with Crippen molar-refractivity contribution in [1.82, 2.24) is 9.97 Å². The lowest BCUT2D eigenvalue weighted by Crippen LogP contribution is -2.04. The largest absolute Gasteiger partial charge is 0.254 e. The van der Waals surface area contributed by atoms with E-state index in [0.29, 0.717) is 0 Å². The molecule has 0 saturated heterocycles. The average Bonchev–Trinajstić information content (AvgIpc) is 3.23. The highest BCUT2D eigenvalue weighted by molar-refractivity contribution is 6.09. The molecule has 0 unspecified atom stereocenters. The van der Waals surface area contributed by atoms with Gasteiger partial charge in [-0.05, 0) is 120 Å². The fourth-order valence-electron chi connectivity index (χ4n) is 8.81. The first-order chi connectivity index (χ1) is 26.7. The highest BCUT2D eigenvalue weighted by atomic mass is 14.7. The van der Waals surface area contributed by atoms with Gasteiger partial charge >= 0.3 is 0 Å². The molecule has 11 rings (SSSR count). The van der Waals surface area contributed by atoms with Gasteiger partial charge in [-0.25, -0.2) is 4.98 Å².